The van der Waals surface area contributed by atoms with Crippen molar-refractivity contribution in [2.24, 2.45) is 0 Å². The molecule has 0 aliphatic heterocycles. The molecule has 3 nitrogen and oxygen atoms in total. The standard InChI is InChI=1S/C11H16N2O/c1-11(8-14,13-10-2-3-10)9-4-6-12-7-5-9/h4-7,10,13-14H,2-3,8H2,1H3. The molecule has 2 rings (SSSR count). The SMILES string of the molecule is CC(CO)(NC1CC1)c1ccncc1. The van der Waals surface area contributed by atoms with Crippen molar-refractivity contribution in [2.75, 3.05) is 6.61 Å². The first-order chi connectivity index (χ1) is 6.74. The molecule has 1 unspecified atom stereocenters. The predicted octanol–water partition coefficient (Wildman–Crippen LogP) is 1.04. The Kier molecular flexibility index (Phi) is 2.52. The lowest BCUT2D eigenvalue weighted by atomic mass is 9.94. The maximum Gasteiger partial charge on any atom is 0.0652 e. The lowest BCUT2D eigenvalue weighted by Crippen LogP contribution is -2.44. The van der Waals surface area contributed by atoms with Crippen LogP contribution in [0.15, 0.2) is 24.5 Å². The molecule has 0 amide bonds. The smallest absolute Gasteiger partial charge is 0.0652 e. The van der Waals surface area contributed by atoms with Crippen molar-refractivity contribution in [3.8, 4) is 0 Å². The van der Waals surface area contributed by atoms with Gasteiger partial charge in [0.1, 0.15) is 0 Å². The zero-order chi connectivity index (χ0) is 10.0. The van der Waals surface area contributed by atoms with Crippen LogP contribution in [0.3, 0.4) is 0 Å². The van der Waals surface area contributed by atoms with E-state index in [0.717, 1.165) is 5.56 Å². The van der Waals surface area contributed by atoms with Crippen LogP contribution < -0.4 is 5.32 Å². The van der Waals surface area contributed by atoms with Gasteiger partial charge in [-0.25, -0.2) is 0 Å². The van der Waals surface area contributed by atoms with Crippen molar-refractivity contribution in [3.05, 3.63) is 30.1 Å². The molecule has 2 N–H and O–H groups in total. The second-order valence-electron chi connectivity index (χ2n) is 4.14. The van der Waals surface area contributed by atoms with Crippen LogP contribution in [-0.4, -0.2) is 22.7 Å². The largest absolute Gasteiger partial charge is 0.394 e. The lowest BCUT2D eigenvalue weighted by molar-refractivity contribution is 0.173. The van der Waals surface area contributed by atoms with E-state index in [9.17, 15) is 5.11 Å². The zero-order valence-corrected chi connectivity index (χ0v) is 8.40. The summed E-state index contributed by atoms with van der Waals surface area (Å²) in [7, 11) is 0. The summed E-state index contributed by atoms with van der Waals surface area (Å²) >= 11 is 0. The van der Waals surface area contributed by atoms with Crippen LogP contribution in [-0.2, 0) is 5.54 Å². The first kappa shape index (κ1) is 9.62. The number of hydrogen-bond donors (Lipinski definition) is 2. The Labute approximate surface area is 84.2 Å². The number of aliphatic hydroxyl groups excluding tert-OH is 1. The molecule has 1 aromatic heterocycles. The zero-order valence-electron chi connectivity index (χ0n) is 8.40. The van der Waals surface area contributed by atoms with Crippen LogP contribution in [0.4, 0.5) is 0 Å². The third-order valence-electron chi connectivity index (χ3n) is 2.73. The molecule has 1 aliphatic rings. The molecule has 1 heterocycles. The van der Waals surface area contributed by atoms with Gasteiger partial charge in [0.25, 0.3) is 0 Å². The quantitative estimate of drug-likeness (QED) is 0.749. The summed E-state index contributed by atoms with van der Waals surface area (Å²) in [6.45, 7) is 2.15. The minimum absolute atomic E-state index is 0.119. The lowest BCUT2D eigenvalue weighted by Gasteiger charge is -2.29. The fourth-order valence-corrected chi connectivity index (χ4v) is 1.62. The molecular weight excluding hydrogens is 176 g/mol. The molecule has 0 aromatic carbocycles. The number of rotatable bonds is 4. The van der Waals surface area contributed by atoms with E-state index in [4.69, 9.17) is 0 Å². The highest BCUT2D eigenvalue weighted by Crippen LogP contribution is 2.27. The Morgan fingerprint density at radius 3 is 2.64 bits per heavy atom. The van der Waals surface area contributed by atoms with E-state index in [0.29, 0.717) is 6.04 Å². The van der Waals surface area contributed by atoms with Crippen LogP contribution in [0.25, 0.3) is 0 Å². The van der Waals surface area contributed by atoms with Gasteiger partial charge in [0.05, 0.1) is 12.1 Å². The van der Waals surface area contributed by atoms with Gasteiger partial charge in [-0.3, -0.25) is 4.98 Å². The molecule has 1 fully saturated rings. The second-order valence-corrected chi connectivity index (χ2v) is 4.14. The van der Waals surface area contributed by atoms with Gasteiger partial charge < -0.3 is 10.4 Å². The highest BCUT2D eigenvalue weighted by Gasteiger charge is 2.33. The summed E-state index contributed by atoms with van der Waals surface area (Å²) in [5.41, 5.74) is 0.784. The number of aliphatic hydroxyl groups is 1. The minimum Gasteiger partial charge on any atom is -0.394 e. The Balaban J connectivity index is 2.17. The van der Waals surface area contributed by atoms with Crippen LogP contribution >= 0.6 is 0 Å². The Hall–Kier alpha value is -0.930. The van der Waals surface area contributed by atoms with Crippen molar-refractivity contribution < 1.29 is 5.11 Å². The maximum atomic E-state index is 9.43. The minimum atomic E-state index is -0.315. The number of pyridine rings is 1. The number of aromatic nitrogens is 1. The van der Waals surface area contributed by atoms with Crippen LogP contribution in [0, 0.1) is 0 Å². The van der Waals surface area contributed by atoms with Crippen molar-refractivity contribution >= 4 is 0 Å². The topological polar surface area (TPSA) is 45.1 Å². The van der Waals surface area contributed by atoms with Gasteiger partial charge in [-0.2, -0.15) is 0 Å². The van der Waals surface area contributed by atoms with Gasteiger partial charge in [0.2, 0.25) is 0 Å². The summed E-state index contributed by atoms with van der Waals surface area (Å²) in [5.74, 6) is 0. The van der Waals surface area contributed by atoms with Gasteiger partial charge in [-0.15, -0.1) is 0 Å². The summed E-state index contributed by atoms with van der Waals surface area (Å²) in [6, 6.07) is 4.48. The fraction of sp³-hybridized carbons (Fsp3) is 0.545. The van der Waals surface area contributed by atoms with Crippen LogP contribution in [0.1, 0.15) is 25.3 Å². The molecule has 0 saturated heterocycles. The molecule has 1 saturated carbocycles. The average molecular weight is 192 g/mol. The molecule has 1 aromatic rings. The summed E-state index contributed by atoms with van der Waals surface area (Å²) in [4.78, 5) is 3.98. The summed E-state index contributed by atoms with van der Waals surface area (Å²) in [5, 5.41) is 12.9. The van der Waals surface area contributed by atoms with Gasteiger partial charge in [-0.1, -0.05) is 0 Å². The van der Waals surface area contributed by atoms with E-state index >= 15 is 0 Å². The number of hydrogen-bond acceptors (Lipinski definition) is 3. The van der Waals surface area contributed by atoms with Gasteiger partial charge in [0.15, 0.2) is 0 Å². The number of nitrogens with zero attached hydrogens (tertiary/aromatic N) is 1. The highest BCUT2D eigenvalue weighted by atomic mass is 16.3. The molecule has 0 radical (unpaired) electrons. The molecule has 1 atom stereocenters. The van der Waals surface area contributed by atoms with Gasteiger partial charge in [-0.05, 0) is 37.5 Å². The monoisotopic (exact) mass is 192 g/mol. The molecule has 0 bridgehead atoms. The van der Waals surface area contributed by atoms with Gasteiger partial charge in [0, 0.05) is 18.4 Å². The van der Waals surface area contributed by atoms with Crippen molar-refractivity contribution in [2.45, 2.75) is 31.3 Å². The predicted molar refractivity (Wildman–Crippen MR) is 54.8 cm³/mol. The summed E-state index contributed by atoms with van der Waals surface area (Å²) in [6.07, 6.45) is 5.97. The van der Waals surface area contributed by atoms with E-state index in [1.54, 1.807) is 12.4 Å². The molecule has 1 aliphatic carbocycles. The van der Waals surface area contributed by atoms with Crippen LogP contribution in [0.2, 0.25) is 0 Å². The number of nitrogens with one attached hydrogen (secondary N) is 1. The third kappa shape index (κ3) is 1.94. The van der Waals surface area contributed by atoms with E-state index in [1.807, 2.05) is 19.1 Å². The van der Waals surface area contributed by atoms with Crippen molar-refractivity contribution in [3.63, 3.8) is 0 Å². The second kappa shape index (κ2) is 3.67. The fourth-order valence-electron chi connectivity index (χ4n) is 1.62. The van der Waals surface area contributed by atoms with Crippen LogP contribution in [0.5, 0.6) is 0 Å². The van der Waals surface area contributed by atoms with E-state index < -0.39 is 0 Å². The Morgan fingerprint density at radius 1 is 1.50 bits per heavy atom. The molecule has 76 valence electrons. The first-order valence-corrected chi connectivity index (χ1v) is 5.04. The molecule has 3 heteroatoms. The molecular formula is C11H16N2O. The maximum absolute atomic E-state index is 9.43. The highest BCUT2D eigenvalue weighted by molar-refractivity contribution is 5.21. The summed E-state index contributed by atoms with van der Waals surface area (Å²) < 4.78 is 0. The third-order valence-corrected chi connectivity index (χ3v) is 2.73. The normalized spacial score (nSPS) is 20.4. The Bertz CT molecular complexity index is 297. The first-order valence-electron chi connectivity index (χ1n) is 5.04. The van der Waals surface area contributed by atoms with E-state index in [2.05, 4.69) is 10.3 Å². The van der Waals surface area contributed by atoms with Crippen molar-refractivity contribution in [1.29, 1.82) is 0 Å². The molecule has 14 heavy (non-hydrogen) atoms. The Morgan fingerprint density at radius 2 is 2.14 bits per heavy atom. The van der Waals surface area contributed by atoms with E-state index in [-0.39, 0.29) is 12.1 Å². The van der Waals surface area contributed by atoms with Gasteiger partial charge >= 0.3 is 0 Å². The average Bonchev–Trinajstić information content (AvgIpc) is 3.03. The van der Waals surface area contributed by atoms with Crippen molar-refractivity contribution in [1.82, 2.24) is 10.3 Å². The molecule has 0 spiro atoms. The van der Waals surface area contributed by atoms with E-state index in [1.165, 1.54) is 12.8 Å².